The number of aliphatic carboxylic acids is 1. The number of carboxylic acid groups (broad SMARTS) is 1. The standard InChI is InChI=1S/C16H28N2O7/c1-15(2,3)24-13(22)17-11(9-7-8-10(19)12(20)21)18-14(23)25-16(4,5)6/h10,19H,7-9H2,1-6H3,(H,20,21)(H,17,18,22,23)/t10-/m0/s1. The van der Waals surface area contributed by atoms with Crippen LogP contribution in [0.2, 0.25) is 0 Å². The maximum atomic E-state index is 11.8. The molecule has 0 radical (unpaired) electrons. The number of rotatable bonds is 5. The number of carbonyl (C=O) groups excluding carboxylic acids is 2. The van der Waals surface area contributed by atoms with Crippen LogP contribution in [0.1, 0.15) is 60.8 Å². The van der Waals surface area contributed by atoms with Gasteiger partial charge in [-0.15, -0.1) is 0 Å². The smallest absolute Gasteiger partial charge is 0.435 e. The highest BCUT2D eigenvalue weighted by molar-refractivity contribution is 6.00. The number of nitrogens with zero attached hydrogens (tertiary/aromatic N) is 1. The van der Waals surface area contributed by atoms with Gasteiger partial charge in [-0.05, 0) is 54.4 Å². The minimum atomic E-state index is -1.52. The summed E-state index contributed by atoms with van der Waals surface area (Å²) in [6.45, 7) is 10.1. The van der Waals surface area contributed by atoms with E-state index in [0.717, 1.165) is 0 Å². The third-order valence-corrected chi connectivity index (χ3v) is 2.44. The van der Waals surface area contributed by atoms with Crippen molar-refractivity contribution in [3.05, 3.63) is 0 Å². The quantitative estimate of drug-likeness (QED) is 0.506. The van der Waals surface area contributed by atoms with Gasteiger partial charge in [-0.3, -0.25) is 5.32 Å². The number of carboxylic acids is 1. The maximum absolute atomic E-state index is 11.8. The highest BCUT2D eigenvalue weighted by Gasteiger charge is 2.21. The van der Waals surface area contributed by atoms with E-state index in [-0.39, 0.29) is 25.1 Å². The summed E-state index contributed by atoms with van der Waals surface area (Å²) >= 11 is 0. The van der Waals surface area contributed by atoms with Crippen molar-refractivity contribution in [3.63, 3.8) is 0 Å². The first-order valence-electron chi connectivity index (χ1n) is 7.91. The fourth-order valence-electron chi connectivity index (χ4n) is 1.55. The van der Waals surface area contributed by atoms with Crippen LogP contribution in [0.3, 0.4) is 0 Å². The summed E-state index contributed by atoms with van der Waals surface area (Å²) in [6.07, 6.45) is -3.03. The molecule has 0 saturated heterocycles. The molecule has 0 fully saturated rings. The highest BCUT2D eigenvalue weighted by Crippen LogP contribution is 2.10. The Bertz CT molecular complexity index is 516. The Balaban J connectivity index is 4.95. The number of carbonyl (C=O) groups is 3. The molecular weight excluding hydrogens is 332 g/mol. The molecule has 0 spiro atoms. The molecule has 0 aliphatic rings. The van der Waals surface area contributed by atoms with Crippen molar-refractivity contribution in [1.29, 1.82) is 0 Å². The number of amidine groups is 1. The van der Waals surface area contributed by atoms with Gasteiger partial charge in [0, 0.05) is 6.42 Å². The lowest BCUT2D eigenvalue weighted by atomic mass is 10.1. The lowest BCUT2D eigenvalue weighted by molar-refractivity contribution is -0.146. The first-order chi connectivity index (χ1) is 11.2. The van der Waals surface area contributed by atoms with E-state index in [9.17, 15) is 19.5 Å². The van der Waals surface area contributed by atoms with Gasteiger partial charge in [0.15, 0.2) is 6.10 Å². The number of hydrogen-bond acceptors (Lipinski definition) is 6. The highest BCUT2D eigenvalue weighted by atomic mass is 16.6. The molecule has 0 aliphatic carbocycles. The second-order valence-electron chi connectivity index (χ2n) is 7.41. The molecule has 0 aromatic rings. The van der Waals surface area contributed by atoms with Gasteiger partial charge in [-0.2, -0.15) is 4.99 Å². The Labute approximate surface area is 147 Å². The van der Waals surface area contributed by atoms with Gasteiger partial charge in [-0.1, -0.05) is 0 Å². The number of alkyl carbamates (subject to hydrolysis) is 1. The molecule has 0 aromatic carbocycles. The third kappa shape index (κ3) is 12.9. The van der Waals surface area contributed by atoms with Crippen molar-refractivity contribution in [2.45, 2.75) is 78.1 Å². The Hall–Kier alpha value is -2.16. The number of amides is 2. The lowest BCUT2D eigenvalue weighted by Crippen LogP contribution is -2.37. The van der Waals surface area contributed by atoms with E-state index in [0.29, 0.717) is 0 Å². The van der Waals surface area contributed by atoms with Crippen LogP contribution in [0.5, 0.6) is 0 Å². The predicted octanol–water partition coefficient (Wildman–Crippen LogP) is 2.46. The average molecular weight is 360 g/mol. The third-order valence-electron chi connectivity index (χ3n) is 2.44. The molecule has 25 heavy (non-hydrogen) atoms. The van der Waals surface area contributed by atoms with Gasteiger partial charge in [0.25, 0.3) is 0 Å². The molecular formula is C16H28N2O7. The van der Waals surface area contributed by atoms with E-state index in [1.54, 1.807) is 41.5 Å². The minimum absolute atomic E-state index is 0.0268. The summed E-state index contributed by atoms with van der Waals surface area (Å²) in [4.78, 5) is 37.9. The van der Waals surface area contributed by atoms with E-state index in [1.807, 2.05) is 0 Å². The van der Waals surface area contributed by atoms with Crippen LogP contribution in [0, 0.1) is 0 Å². The number of aliphatic hydroxyl groups excluding tert-OH is 1. The summed E-state index contributed by atoms with van der Waals surface area (Å²) in [6, 6.07) is 0. The van der Waals surface area contributed by atoms with Gasteiger partial charge >= 0.3 is 18.2 Å². The molecule has 0 unspecified atom stereocenters. The van der Waals surface area contributed by atoms with Crippen LogP contribution in [0.4, 0.5) is 9.59 Å². The molecule has 0 rings (SSSR count). The second-order valence-corrected chi connectivity index (χ2v) is 7.41. The van der Waals surface area contributed by atoms with Gasteiger partial charge < -0.3 is 19.7 Å². The summed E-state index contributed by atoms with van der Waals surface area (Å²) in [5, 5.41) is 20.3. The van der Waals surface area contributed by atoms with Crippen LogP contribution in [-0.2, 0) is 14.3 Å². The maximum Gasteiger partial charge on any atom is 0.435 e. The molecule has 2 amide bonds. The normalized spacial score (nSPS) is 13.8. The van der Waals surface area contributed by atoms with Crippen LogP contribution < -0.4 is 5.32 Å². The van der Waals surface area contributed by atoms with E-state index < -0.39 is 35.5 Å². The van der Waals surface area contributed by atoms with Crippen LogP contribution >= 0.6 is 0 Å². The fraction of sp³-hybridized carbons (Fsp3) is 0.750. The second kappa shape index (κ2) is 9.36. The van der Waals surface area contributed by atoms with E-state index >= 15 is 0 Å². The summed E-state index contributed by atoms with van der Waals surface area (Å²) < 4.78 is 10.1. The van der Waals surface area contributed by atoms with Crippen molar-refractivity contribution < 1.29 is 34.1 Å². The Kier molecular flexibility index (Phi) is 8.55. The molecule has 0 aliphatic heterocycles. The van der Waals surface area contributed by atoms with Gasteiger partial charge in [0.1, 0.15) is 17.0 Å². The molecule has 3 N–H and O–H groups in total. The van der Waals surface area contributed by atoms with Crippen molar-refractivity contribution in [3.8, 4) is 0 Å². The van der Waals surface area contributed by atoms with Crippen LogP contribution in [-0.4, -0.2) is 51.5 Å². The first kappa shape index (κ1) is 22.8. The topological polar surface area (TPSA) is 135 Å². The average Bonchev–Trinajstić information content (AvgIpc) is 2.32. The number of ether oxygens (including phenoxy) is 2. The van der Waals surface area contributed by atoms with E-state index in [2.05, 4.69) is 10.3 Å². The largest absolute Gasteiger partial charge is 0.479 e. The van der Waals surface area contributed by atoms with Crippen LogP contribution in [0.15, 0.2) is 4.99 Å². The van der Waals surface area contributed by atoms with Crippen molar-refractivity contribution in [1.82, 2.24) is 5.32 Å². The van der Waals surface area contributed by atoms with Gasteiger partial charge in [0.05, 0.1) is 0 Å². The SMILES string of the molecule is CC(C)(C)OC(=O)N=C(CCC[C@H](O)C(=O)O)NC(=O)OC(C)(C)C. The lowest BCUT2D eigenvalue weighted by Gasteiger charge is -2.21. The zero-order valence-corrected chi connectivity index (χ0v) is 15.6. The zero-order chi connectivity index (χ0) is 19.8. The van der Waals surface area contributed by atoms with Crippen molar-refractivity contribution >= 4 is 24.0 Å². The molecule has 9 heteroatoms. The number of aliphatic imine (C=N–C) groups is 1. The van der Waals surface area contributed by atoms with E-state index in [4.69, 9.17) is 14.6 Å². The molecule has 0 saturated carbocycles. The Morgan fingerprint density at radius 2 is 1.56 bits per heavy atom. The van der Waals surface area contributed by atoms with Gasteiger partial charge in [-0.25, -0.2) is 14.4 Å². The molecule has 0 bridgehead atoms. The Morgan fingerprint density at radius 1 is 1.04 bits per heavy atom. The molecule has 0 aromatic heterocycles. The number of hydrogen-bond donors (Lipinski definition) is 3. The minimum Gasteiger partial charge on any atom is -0.479 e. The summed E-state index contributed by atoms with van der Waals surface area (Å²) in [5.41, 5.74) is -1.49. The zero-order valence-electron chi connectivity index (χ0n) is 15.6. The fourth-order valence-corrected chi connectivity index (χ4v) is 1.55. The van der Waals surface area contributed by atoms with E-state index in [1.165, 1.54) is 0 Å². The molecule has 1 atom stereocenters. The number of nitrogens with one attached hydrogen (secondary N) is 1. The monoisotopic (exact) mass is 360 g/mol. The molecule has 144 valence electrons. The van der Waals surface area contributed by atoms with Crippen molar-refractivity contribution in [2.24, 2.45) is 4.99 Å². The van der Waals surface area contributed by atoms with Gasteiger partial charge in [0.2, 0.25) is 0 Å². The predicted molar refractivity (Wildman–Crippen MR) is 90.5 cm³/mol. The number of aliphatic hydroxyl groups is 1. The van der Waals surface area contributed by atoms with Crippen molar-refractivity contribution in [2.75, 3.05) is 0 Å². The molecule has 0 heterocycles. The molecule has 9 nitrogen and oxygen atoms in total. The first-order valence-corrected chi connectivity index (χ1v) is 7.91. The Morgan fingerprint density at radius 3 is 2.00 bits per heavy atom. The summed E-state index contributed by atoms with van der Waals surface area (Å²) in [7, 11) is 0. The van der Waals surface area contributed by atoms with Crippen LogP contribution in [0.25, 0.3) is 0 Å². The summed E-state index contributed by atoms with van der Waals surface area (Å²) in [5.74, 6) is -1.37.